The van der Waals surface area contributed by atoms with Crippen molar-refractivity contribution in [2.24, 2.45) is 11.7 Å². The van der Waals surface area contributed by atoms with Crippen LogP contribution in [0, 0.1) is 5.92 Å². The Morgan fingerprint density at radius 1 is 1.33 bits per heavy atom. The molecule has 0 spiro atoms. The van der Waals surface area contributed by atoms with Crippen molar-refractivity contribution >= 4 is 34.8 Å². The predicted octanol–water partition coefficient (Wildman–Crippen LogP) is 1.47. The Morgan fingerprint density at radius 3 is 2.71 bits per heavy atom. The quantitative estimate of drug-likeness (QED) is 0.882. The molecule has 2 fully saturated rings. The average Bonchev–Trinajstić information content (AvgIpc) is 3.22. The molecule has 5 nitrogen and oxygen atoms in total. The third-order valence-electron chi connectivity index (χ3n) is 4.02. The summed E-state index contributed by atoms with van der Waals surface area (Å²) < 4.78 is 0.582. The summed E-state index contributed by atoms with van der Waals surface area (Å²) in [6.07, 6.45) is 2.70. The fourth-order valence-electron chi connectivity index (χ4n) is 2.59. The Morgan fingerprint density at radius 2 is 2.10 bits per heavy atom. The van der Waals surface area contributed by atoms with Crippen molar-refractivity contribution in [2.75, 3.05) is 13.1 Å². The van der Waals surface area contributed by atoms with E-state index in [1.165, 1.54) is 11.3 Å². The van der Waals surface area contributed by atoms with Crippen LogP contribution in [0.4, 0.5) is 0 Å². The minimum atomic E-state index is -0.199. The van der Waals surface area contributed by atoms with Crippen LogP contribution in [0.3, 0.4) is 0 Å². The summed E-state index contributed by atoms with van der Waals surface area (Å²) in [6.45, 7) is 1.19. The summed E-state index contributed by atoms with van der Waals surface area (Å²) in [5, 5.41) is 2.94. The first kappa shape index (κ1) is 14.8. The van der Waals surface area contributed by atoms with Gasteiger partial charge in [0.2, 0.25) is 5.91 Å². The number of carbonyl (C=O) groups is 2. The van der Waals surface area contributed by atoms with Crippen LogP contribution < -0.4 is 11.1 Å². The van der Waals surface area contributed by atoms with Gasteiger partial charge in [0, 0.05) is 25.0 Å². The molecular formula is C14H18ClN3O2S. The molecule has 2 amide bonds. The highest BCUT2D eigenvalue weighted by Gasteiger charge is 2.37. The van der Waals surface area contributed by atoms with Crippen molar-refractivity contribution in [3.63, 3.8) is 0 Å². The van der Waals surface area contributed by atoms with E-state index >= 15 is 0 Å². The van der Waals surface area contributed by atoms with Gasteiger partial charge in [-0.05, 0) is 31.4 Å². The molecule has 1 aliphatic carbocycles. The van der Waals surface area contributed by atoms with Gasteiger partial charge in [0.05, 0.1) is 15.3 Å². The second kappa shape index (κ2) is 5.94. The van der Waals surface area contributed by atoms with Crippen LogP contribution >= 0.6 is 22.9 Å². The summed E-state index contributed by atoms with van der Waals surface area (Å²) in [6, 6.07) is 3.08. The molecule has 0 unspecified atom stereocenters. The van der Waals surface area contributed by atoms with Crippen molar-refractivity contribution in [1.29, 1.82) is 0 Å². The molecule has 1 aromatic heterocycles. The lowest BCUT2D eigenvalue weighted by Crippen LogP contribution is -2.59. The lowest BCUT2D eigenvalue weighted by Gasteiger charge is -2.37. The van der Waals surface area contributed by atoms with Gasteiger partial charge in [0.1, 0.15) is 0 Å². The van der Waals surface area contributed by atoms with Gasteiger partial charge >= 0.3 is 0 Å². The average molecular weight is 328 g/mol. The Balaban J connectivity index is 1.62. The van der Waals surface area contributed by atoms with E-state index in [2.05, 4.69) is 5.32 Å². The molecule has 2 heterocycles. The monoisotopic (exact) mass is 327 g/mol. The first-order chi connectivity index (χ1) is 10.0. The number of nitrogens with one attached hydrogen (secondary N) is 1. The van der Waals surface area contributed by atoms with Crippen molar-refractivity contribution in [2.45, 2.75) is 31.3 Å². The van der Waals surface area contributed by atoms with E-state index in [-0.39, 0.29) is 29.8 Å². The molecule has 1 saturated carbocycles. The van der Waals surface area contributed by atoms with Gasteiger partial charge in [0.25, 0.3) is 5.91 Å². The normalized spacial score (nSPS) is 25.7. The topological polar surface area (TPSA) is 75.4 Å². The number of halogens is 1. The number of nitrogens with two attached hydrogens (primary N) is 1. The second-order valence-corrected chi connectivity index (χ2v) is 7.41. The zero-order valence-electron chi connectivity index (χ0n) is 11.5. The predicted molar refractivity (Wildman–Crippen MR) is 82.5 cm³/mol. The number of hydrogen-bond donors (Lipinski definition) is 2. The standard InChI is InChI=1S/C14H18ClN3O2S/c15-12-4-3-11(21-12)13(19)17-10-7-18(6-5-9(10)16)14(20)8-1-2-8/h3-4,8-10H,1-2,5-7,16H2,(H,17,19)/t9-,10+/m0/s1. The molecule has 7 heteroatoms. The van der Waals surface area contributed by atoms with Crippen molar-refractivity contribution in [3.05, 3.63) is 21.3 Å². The van der Waals surface area contributed by atoms with Gasteiger partial charge in [-0.2, -0.15) is 0 Å². The Hall–Kier alpha value is -1.11. The molecule has 0 bridgehead atoms. The number of amides is 2. The van der Waals surface area contributed by atoms with E-state index < -0.39 is 0 Å². The summed E-state index contributed by atoms with van der Waals surface area (Å²) in [5.74, 6) is 0.236. The fourth-order valence-corrected chi connectivity index (χ4v) is 3.53. The third-order valence-corrected chi connectivity index (χ3v) is 5.25. The van der Waals surface area contributed by atoms with Gasteiger partial charge in [-0.3, -0.25) is 9.59 Å². The zero-order chi connectivity index (χ0) is 15.0. The molecule has 2 atom stereocenters. The molecule has 2 aliphatic rings. The highest BCUT2D eigenvalue weighted by Crippen LogP contribution is 2.32. The first-order valence-electron chi connectivity index (χ1n) is 7.15. The van der Waals surface area contributed by atoms with E-state index in [1.54, 1.807) is 12.1 Å². The summed E-state index contributed by atoms with van der Waals surface area (Å²) in [4.78, 5) is 26.7. The number of hydrogen-bond acceptors (Lipinski definition) is 4. The second-order valence-electron chi connectivity index (χ2n) is 5.69. The maximum absolute atomic E-state index is 12.2. The molecule has 3 rings (SSSR count). The first-order valence-corrected chi connectivity index (χ1v) is 8.34. The minimum absolute atomic E-state index is 0.118. The van der Waals surface area contributed by atoms with Gasteiger partial charge in [0.15, 0.2) is 0 Å². The van der Waals surface area contributed by atoms with Crippen LogP contribution in [0.25, 0.3) is 0 Å². The molecule has 21 heavy (non-hydrogen) atoms. The third kappa shape index (κ3) is 3.39. The number of likely N-dealkylation sites (tertiary alicyclic amines) is 1. The van der Waals surface area contributed by atoms with Crippen LogP contribution in [0.2, 0.25) is 4.34 Å². The van der Waals surface area contributed by atoms with E-state index in [4.69, 9.17) is 17.3 Å². The Labute approximate surface area is 132 Å². The van der Waals surface area contributed by atoms with Crippen molar-refractivity contribution in [1.82, 2.24) is 10.2 Å². The van der Waals surface area contributed by atoms with E-state index in [0.29, 0.717) is 28.7 Å². The molecule has 1 saturated heterocycles. The van der Waals surface area contributed by atoms with Crippen LogP contribution in [0.15, 0.2) is 12.1 Å². The van der Waals surface area contributed by atoms with Crippen LogP contribution in [0.1, 0.15) is 28.9 Å². The van der Waals surface area contributed by atoms with Crippen LogP contribution in [0.5, 0.6) is 0 Å². The lowest BCUT2D eigenvalue weighted by atomic mass is 9.99. The van der Waals surface area contributed by atoms with Crippen molar-refractivity contribution in [3.8, 4) is 0 Å². The summed E-state index contributed by atoms with van der Waals surface area (Å²) in [5.41, 5.74) is 6.09. The maximum Gasteiger partial charge on any atom is 0.261 e. The fraction of sp³-hybridized carbons (Fsp3) is 0.571. The number of rotatable bonds is 3. The lowest BCUT2D eigenvalue weighted by molar-refractivity contribution is -0.134. The summed E-state index contributed by atoms with van der Waals surface area (Å²) >= 11 is 7.08. The largest absolute Gasteiger partial charge is 0.345 e. The van der Waals surface area contributed by atoms with E-state index in [0.717, 1.165) is 12.8 Å². The molecular weight excluding hydrogens is 310 g/mol. The van der Waals surface area contributed by atoms with Gasteiger partial charge < -0.3 is 16.0 Å². The molecule has 0 radical (unpaired) electrons. The number of thiophene rings is 1. The zero-order valence-corrected chi connectivity index (χ0v) is 13.1. The van der Waals surface area contributed by atoms with E-state index in [1.807, 2.05) is 4.90 Å². The van der Waals surface area contributed by atoms with Crippen LogP contribution in [-0.2, 0) is 4.79 Å². The van der Waals surface area contributed by atoms with Gasteiger partial charge in [-0.15, -0.1) is 11.3 Å². The van der Waals surface area contributed by atoms with Gasteiger partial charge in [-0.25, -0.2) is 0 Å². The Kier molecular flexibility index (Phi) is 4.19. The number of carbonyl (C=O) groups excluding carboxylic acids is 2. The molecule has 3 N–H and O–H groups in total. The minimum Gasteiger partial charge on any atom is -0.345 e. The molecule has 1 aliphatic heterocycles. The molecule has 1 aromatic rings. The summed E-state index contributed by atoms with van der Waals surface area (Å²) in [7, 11) is 0. The number of piperidine rings is 1. The number of nitrogens with zero attached hydrogens (tertiary/aromatic N) is 1. The maximum atomic E-state index is 12.2. The van der Waals surface area contributed by atoms with Gasteiger partial charge in [-0.1, -0.05) is 11.6 Å². The van der Waals surface area contributed by atoms with E-state index in [9.17, 15) is 9.59 Å². The molecule has 0 aromatic carbocycles. The van der Waals surface area contributed by atoms with Crippen molar-refractivity contribution < 1.29 is 9.59 Å². The molecule has 114 valence electrons. The SMILES string of the molecule is N[C@H]1CCN(C(=O)C2CC2)C[C@H]1NC(=O)c1ccc(Cl)s1. The highest BCUT2D eigenvalue weighted by atomic mass is 35.5. The van der Waals surface area contributed by atoms with Crippen LogP contribution in [-0.4, -0.2) is 41.9 Å². The Bertz CT molecular complexity index is 558. The smallest absolute Gasteiger partial charge is 0.261 e. The highest BCUT2D eigenvalue weighted by molar-refractivity contribution is 7.17.